The number of hydrogen-bond acceptors (Lipinski definition) is 2. The van der Waals surface area contributed by atoms with E-state index in [0.29, 0.717) is 22.7 Å². The molecule has 0 N–H and O–H groups in total. The highest BCUT2D eigenvalue weighted by molar-refractivity contribution is 6.31. The first-order valence-corrected chi connectivity index (χ1v) is 6.14. The van der Waals surface area contributed by atoms with Crippen molar-refractivity contribution in [3.8, 4) is 6.07 Å². The second kappa shape index (κ2) is 5.73. The number of nitrogens with zero attached hydrogens (tertiary/aromatic N) is 2. The Morgan fingerprint density at radius 3 is 2.68 bits per heavy atom. The summed E-state index contributed by atoms with van der Waals surface area (Å²) >= 11 is 6.00. The summed E-state index contributed by atoms with van der Waals surface area (Å²) in [5, 5.41) is 9.28. The monoisotopic (exact) mass is 274 g/mol. The minimum Gasteiger partial charge on any atom is -0.370 e. The lowest BCUT2D eigenvalue weighted by molar-refractivity contribution is 0.608. The maximum Gasteiger partial charge on any atom is 0.129 e. The number of rotatable bonds is 3. The highest BCUT2D eigenvalue weighted by Gasteiger charge is 2.10. The third-order valence-corrected chi connectivity index (χ3v) is 3.23. The number of halogens is 2. The van der Waals surface area contributed by atoms with Crippen LogP contribution in [0, 0.1) is 17.1 Å². The fourth-order valence-corrected chi connectivity index (χ4v) is 2.05. The average molecular weight is 275 g/mol. The largest absolute Gasteiger partial charge is 0.370 e. The Hall–Kier alpha value is -2.05. The molecular formula is C15H12ClFN2. The first-order valence-electron chi connectivity index (χ1n) is 5.76. The first-order chi connectivity index (χ1) is 9.11. The van der Waals surface area contributed by atoms with E-state index in [2.05, 4.69) is 6.07 Å². The Bertz CT molecular complexity index is 614. The zero-order chi connectivity index (χ0) is 13.8. The topological polar surface area (TPSA) is 27.0 Å². The maximum atomic E-state index is 13.7. The van der Waals surface area contributed by atoms with Gasteiger partial charge < -0.3 is 4.90 Å². The van der Waals surface area contributed by atoms with E-state index in [-0.39, 0.29) is 5.82 Å². The fourth-order valence-electron chi connectivity index (χ4n) is 1.82. The van der Waals surface area contributed by atoms with E-state index in [0.717, 1.165) is 5.69 Å². The molecule has 0 amide bonds. The van der Waals surface area contributed by atoms with Crippen LogP contribution in [0.5, 0.6) is 0 Å². The van der Waals surface area contributed by atoms with Crippen molar-refractivity contribution in [2.45, 2.75) is 6.54 Å². The molecule has 0 aliphatic rings. The number of nitriles is 1. The summed E-state index contributed by atoms with van der Waals surface area (Å²) in [6.45, 7) is 0.348. The summed E-state index contributed by atoms with van der Waals surface area (Å²) in [6.07, 6.45) is 0. The number of benzene rings is 2. The van der Waals surface area contributed by atoms with Crippen LogP contribution in [0.1, 0.15) is 11.1 Å². The first kappa shape index (κ1) is 13.4. The molecule has 0 saturated heterocycles. The Morgan fingerprint density at radius 1 is 1.26 bits per heavy atom. The van der Waals surface area contributed by atoms with Gasteiger partial charge in [0.2, 0.25) is 0 Å². The fraction of sp³-hybridized carbons (Fsp3) is 0.133. The van der Waals surface area contributed by atoms with Crippen LogP contribution in [0.15, 0.2) is 42.5 Å². The molecule has 0 heterocycles. The zero-order valence-electron chi connectivity index (χ0n) is 10.4. The lowest BCUT2D eigenvalue weighted by atomic mass is 10.1. The van der Waals surface area contributed by atoms with Crippen LogP contribution in [-0.4, -0.2) is 7.05 Å². The lowest BCUT2D eigenvalue weighted by Crippen LogP contribution is -2.17. The van der Waals surface area contributed by atoms with E-state index in [1.165, 1.54) is 6.07 Å². The van der Waals surface area contributed by atoms with Crippen molar-refractivity contribution in [2.24, 2.45) is 0 Å². The maximum absolute atomic E-state index is 13.7. The van der Waals surface area contributed by atoms with Crippen molar-refractivity contribution >= 4 is 17.3 Å². The molecule has 0 bridgehead atoms. The minimum absolute atomic E-state index is 0.323. The van der Waals surface area contributed by atoms with Gasteiger partial charge in [-0.05, 0) is 30.3 Å². The van der Waals surface area contributed by atoms with E-state index in [9.17, 15) is 4.39 Å². The van der Waals surface area contributed by atoms with Crippen molar-refractivity contribution in [2.75, 3.05) is 11.9 Å². The van der Waals surface area contributed by atoms with Gasteiger partial charge in [-0.3, -0.25) is 0 Å². The molecule has 0 radical (unpaired) electrons. The van der Waals surface area contributed by atoms with Crippen molar-refractivity contribution in [3.63, 3.8) is 0 Å². The number of hydrogen-bond donors (Lipinski definition) is 0. The molecule has 0 unspecified atom stereocenters. The Balaban J connectivity index is 2.26. The second-order valence-electron chi connectivity index (χ2n) is 4.22. The second-order valence-corrected chi connectivity index (χ2v) is 4.63. The highest BCUT2D eigenvalue weighted by Crippen LogP contribution is 2.23. The third kappa shape index (κ3) is 3.04. The van der Waals surface area contributed by atoms with Crippen LogP contribution in [0.2, 0.25) is 5.02 Å². The molecular weight excluding hydrogens is 263 g/mol. The SMILES string of the molecule is CN(Cc1c(F)cccc1Cl)c1cccc(C#N)c1. The summed E-state index contributed by atoms with van der Waals surface area (Å²) < 4.78 is 13.7. The molecule has 0 aromatic heterocycles. The Kier molecular flexibility index (Phi) is 4.03. The minimum atomic E-state index is -0.323. The summed E-state index contributed by atoms with van der Waals surface area (Å²) in [6, 6.07) is 13.9. The molecule has 96 valence electrons. The van der Waals surface area contributed by atoms with Crippen LogP contribution in [0.3, 0.4) is 0 Å². The molecule has 0 saturated carbocycles. The zero-order valence-corrected chi connectivity index (χ0v) is 11.2. The van der Waals surface area contributed by atoms with Gasteiger partial charge in [-0.15, -0.1) is 0 Å². The predicted octanol–water partition coefficient (Wildman–Crippen LogP) is 3.99. The molecule has 2 nitrogen and oxygen atoms in total. The van der Waals surface area contributed by atoms with Gasteiger partial charge in [-0.25, -0.2) is 4.39 Å². The molecule has 2 rings (SSSR count). The van der Waals surface area contributed by atoms with Crippen LogP contribution < -0.4 is 4.90 Å². The normalized spacial score (nSPS) is 10.0. The van der Waals surface area contributed by atoms with Gasteiger partial charge in [0.25, 0.3) is 0 Å². The van der Waals surface area contributed by atoms with Gasteiger partial charge in [0, 0.05) is 29.9 Å². The van der Waals surface area contributed by atoms with Crippen LogP contribution in [0.4, 0.5) is 10.1 Å². The average Bonchev–Trinajstić information content (AvgIpc) is 2.43. The van der Waals surface area contributed by atoms with E-state index in [4.69, 9.17) is 16.9 Å². The van der Waals surface area contributed by atoms with Crippen molar-refractivity contribution in [3.05, 3.63) is 64.4 Å². The standard InChI is InChI=1S/C15H12ClFN2/c1-19(12-5-2-4-11(8-12)9-18)10-13-14(16)6-3-7-15(13)17/h2-8H,10H2,1H3. The molecule has 0 fully saturated rings. The van der Waals surface area contributed by atoms with Gasteiger partial charge in [-0.1, -0.05) is 23.7 Å². The summed E-state index contributed by atoms with van der Waals surface area (Å²) in [5.41, 5.74) is 1.87. The molecule has 4 heteroatoms. The van der Waals surface area contributed by atoms with E-state index >= 15 is 0 Å². The smallest absolute Gasteiger partial charge is 0.129 e. The molecule has 0 atom stereocenters. The quantitative estimate of drug-likeness (QED) is 0.846. The summed E-state index contributed by atoms with van der Waals surface area (Å²) in [5.74, 6) is -0.323. The Morgan fingerprint density at radius 2 is 2.00 bits per heavy atom. The van der Waals surface area contributed by atoms with Crippen molar-refractivity contribution in [1.29, 1.82) is 5.26 Å². The van der Waals surface area contributed by atoms with Gasteiger partial charge in [0.1, 0.15) is 5.82 Å². The van der Waals surface area contributed by atoms with Gasteiger partial charge in [0.15, 0.2) is 0 Å². The number of anilines is 1. The molecule has 0 aliphatic carbocycles. The highest BCUT2D eigenvalue weighted by atomic mass is 35.5. The van der Waals surface area contributed by atoms with Gasteiger partial charge in [-0.2, -0.15) is 5.26 Å². The van der Waals surface area contributed by atoms with E-state index in [1.54, 1.807) is 30.3 Å². The van der Waals surface area contributed by atoms with Crippen molar-refractivity contribution in [1.82, 2.24) is 0 Å². The lowest BCUT2D eigenvalue weighted by Gasteiger charge is -2.20. The molecule has 2 aromatic carbocycles. The Labute approximate surface area is 116 Å². The summed E-state index contributed by atoms with van der Waals surface area (Å²) in [7, 11) is 1.83. The van der Waals surface area contributed by atoms with Crippen molar-refractivity contribution < 1.29 is 4.39 Å². The van der Waals surface area contributed by atoms with Crippen LogP contribution in [-0.2, 0) is 6.54 Å². The summed E-state index contributed by atoms with van der Waals surface area (Å²) in [4.78, 5) is 1.85. The van der Waals surface area contributed by atoms with Crippen LogP contribution in [0.25, 0.3) is 0 Å². The third-order valence-electron chi connectivity index (χ3n) is 2.87. The predicted molar refractivity (Wildman–Crippen MR) is 74.7 cm³/mol. The van der Waals surface area contributed by atoms with Crippen LogP contribution >= 0.6 is 11.6 Å². The van der Waals surface area contributed by atoms with E-state index < -0.39 is 0 Å². The molecule has 0 spiro atoms. The van der Waals surface area contributed by atoms with E-state index in [1.807, 2.05) is 18.0 Å². The molecule has 0 aliphatic heterocycles. The van der Waals surface area contributed by atoms with Gasteiger partial charge >= 0.3 is 0 Å². The molecule has 2 aromatic rings. The van der Waals surface area contributed by atoms with Gasteiger partial charge in [0.05, 0.1) is 11.6 Å². The molecule has 19 heavy (non-hydrogen) atoms.